The predicted molar refractivity (Wildman–Crippen MR) is 71.0 cm³/mol. The Morgan fingerprint density at radius 1 is 1.11 bits per heavy atom. The highest BCUT2D eigenvalue weighted by molar-refractivity contribution is 5.34. The van der Waals surface area contributed by atoms with E-state index in [-0.39, 0.29) is 0 Å². The fraction of sp³-hybridized carbons (Fsp3) is 0.600. The Hall–Kier alpha value is -1.06. The summed E-state index contributed by atoms with van der Waals surface area (Å²) in [4.78, 5) is 2.53. The molecule has 0 aromatic heterocycles. The molecule has 1 aromatic rings. The summed E-state index contributed by atoms with van der Waals surface area (Å²) in [7, 11) is 0. The van der Waals surface area contributed by atoms with E-state index in [0.717, 1.165) is 51.5 Å². The molecule has 18 heavy (non-hydrogen) atoms. The van der Waals surface area contributed by atoms with Gasteiger partial charge in [0.2, 0.25) is 0 Å². The van der Waals surface area contributed by atoms with Crippen LogP contribution in [-0.4, -0.2) is 44.4 Å². The summed E-state index contributed by atoms with van der Waals surface area (Å²) in [5, 5.41) is 0. The summed E-state index contributed by atoms with van der Waals surface area (Å²) in [6.45, 7) is 5.98. The first-order valence-electron chi connectivity index (χ1n) is 6.92. The smallest absolute Gasteiger partial charge is 0.122 e. The third-order valence-electron chi connectivity index (χ3n) is 3.88. The average molecular weight is 247 g/mol. The SMILES string of the molecule is c1ccc2c(c1)C[C@H](CN1CCOCC1)CCO2. The number of benzene rings is 1. The molecule has 1 aromatic carbocycles. The Bertz CT molecular complexity index is 388. The van der Waals surface area contributed by atoms with Gasteiger partial charge >= 0.3 is 0 Å². The van der Waals surface area contributed by atoms with Gasteiger partial charge in [0.15, 0.2) is 0 Å². The molecular weight excluding hydrogens is 226 g/mol. The molecule has 1 fully saturated rings. The largest absolute Gasteiger partial charge is 0.493 e. The van der Waals surface area contributed by atoms with Crippen LogP contribution >= 0.6 is 0 Å². The predicted octanol–water partition coefficient (Wildman–Crippen LogP) is 1.96. The summed E-state index contributed by atoms with van der Waals surface area (Å²) in [5.41, 5.74) is 1.37. The standard InChI is InChI=1S/C15H21NO2/c1-2-4-15-14(3-1)11-13(5-8-18-15)12-16-6-9-17-10-7-16/h1-4,13H,5-12H2/t13-/m1/s1. The fourth-order valence-corrected chi connectivity index (χ4v) is 2.87. The number of hydrogen-bond donors (Lipinski definition) is 0. The van der Waals surface area contributed by atoms with Crippen molar-refractivity contribution in [3.05, 3.63) is 29.8 Å². The second-order valence-corrected chi connectivity index (χ2v) is 5.23. The summed E-state index contributed by atoms with van der Waals surface area (Å²) in [5.74, 6) is 1.80. The topological polar surface area (TPSA) is 21.7 Å². The normalized spacial score (nSPS) is 25.0. The highest BCUT2D eigenvalue weighted by Gasteiger charge is 2.21. The van der Waals surface area contributed by atoms with E-state index >= 15 is 0 Å². The number of nitrogens with zero attached hydrogens (tertiary/aromatic N) is 1. The fourth-order valence-electron chi connectivity index (χ4n) is 2.87. The maximum atomic E-state index is 5.82. The van der Waals surface area contributed by atoms with E-state index in [2.05, 4.69) is 29.2 Å². The van der Waals surface area contributed by atoms with Crippen LogP contribution < -0.4 is 4.74 Å². The molecule has 98 valence electrons. The molecule has 3 nitrogen and oxygen atoms in total. The molecule has 3 rings (SSSR count). The van der Waals surface area contributed by atoms with Crippen molar-refractivity contribution in [3.8, 4) is 5.75 Å². The minimum Gasteiger partial charge on any atom is -0.493 e. The van der Waals surface area contributed by atoms with Gasteiger partial charge in [-0.2, -0.15) is 0 Å². The molecule has 3 heteroatoms. The van der Waals surface area contributed by atoms with Crippen LogP contribution in [0.25, 0.3) is 0 Å². The van der Waals surface area contributed by atoms with Gasteiger partial charge in [-0.1, -0.05) is 18.2 Å². The second-order valence-electron chi connectivity index (χ2n) is 5.23. The third-order valence-corrected chi connectivity index (χ3v) is 3.88. The zero-order valence-electron chi connectivity index (χ0n) is 10.8. The Labute approximate surface area is 109 Å². The van der Waals surface area contributed by atoms with Crippen molar-refractivity contribution in [2.45, 2.75) is 12.8 Å². The number of fused-ring (bicyclic) bond motifs is 1. The molecule has 0 N–H and O–H groups in total. The first-order valence-corrected chi connectivity index (χ1v) is 6.92. The van der Waals surface area contributed by atoms with Gasteiger partial charge in [-0.05, 0) is 30.4 Å². The van der Waals surface area contributed by atoms with Gasteiger partial charge in [-0.25, -0.2) is 0 Å². The summed E-state index contributed by atoms with van der Waals surface area (Å²) < 4.78 is 11.2. The van der Waals surface area contributed by atoms with Crippen molar-refractivity contribution in [1.82, 2.24) is 4.90 Å². The van der Waals surface area contributed by atoms with Crippen LogP contribution in [-0.2, 0) is 11.2 Å². The van der Waals surface area contributed by atoms with E-state index in [1.165, 1.54) is 12.1 Å². The minimum atomic E-state index is 0.715. The Balaban J connectivity index is 1.63. The lowest BCUT2D eigenvalue weighted by atomic mass is 9.96. The van der Waals surface area contributed by atoms with E-state index < -0.39 is 0 Å². The van der Waals surface area contributed by atoms with Crippen LogP contribution in [0.1, 0.15) is 12.0 Å². The van der Waals surface area contributed by atoms with E-state index in [1.807, 2.05) is 0 Å². The van der Waals surface area contributed by atoms with Gasteiger partial charge in [-0.15, -0.1) is 0 Å². The van der Waals surface area contributed by atoms with Gasteiger partial charge < -0.3 is 9.47 Å². The van der Waals surface area contributed by atoms with Crippen LogP contribution in [0.2, 0.25) is 0 Å². The minimum absolute atomic E-state index is 0.715. The molecule has 2 heterocycles. The number of morpholine rings is 1. The first-order chi connectivity index (χ1) is 8.92. The third kappa shape index (κ3) is 2.85. The Morgan fingerprint density at radius 2 is 1.94 bits per heavy atom. The molecule has 0 aliphatic carbocycles. The van der Waals surface area contributed by atoms with Crippen molar-refractivity contribution < 1.29 is 9.47 Å². The van der Waals surface area contributed by atoms with Crippen LogP contribution in [0.3, 0.4) is 0 Å². The molecule has 0 radical (unpaired) electrons. The van der Waals surface area contributed by atoms with Gasteiger partial charge in [0.05, 0.1) is 19.8 Å². The Morgan fingerprint density at radius 3 is 2.83 bits per heavy atom. The van der Waals surface area contributed by atoms with Gasteiger partial charge in [0, 0.05) is 19.6 Å². The molecule has 2 aliphatic rings. The number of hydrogen-bond acceptors (Lipinski definition) is 3. The molecule has 2 aliphatic heterocycles. The van der Waals surface area contributed by atoms with E-state index in [1.54, 1.807) is 0 Å². The lowest BCUT2D eigenvalue weighted by Gasteiger charge is -2.29. The van der Waals surface area contributed by atoms with Crippen LogP contribution in [0.15, 0.2) is 24.3 Å². The van der Waals surface area contributed by atoms with E-state index in [9.17, 15) is 0 Å². The molecule has 0 spiro atoms. The lowest BCUT2D eigenvalue weighted by molar-refractivity contribution is 0.0296. The monoisotopic (exact) mass is 247 g/mol. The van der Waals surface area contributed by atoms with Crippen molar-refractivity contribution in [2.75, 3.05) is 39.5 Å². The quantitative estimate of drug-likeness (QED) is 0.797. The molecule has 0 saturated carbocycles. The zero-order valence-corrected chi connectivity index (χ0v) is 10.8. The number of rotatable bonds is 2. The molecule has 1 atom stereocenters. The number of ether oxygens (including phenoxy) is 2. The van der Waals surface area contributed by atoms with Crippen LogP contribution in [0.5, 0.6) is 5.75 Å². The van der Waals surface area contributed by atoms with E-state index in [4.69, 9.17) is 9.47 Å². The molecule has 0 amide bonds. The van der Waals surface area contributed by atoms with Crippen molar-refractivity contribution in [3.63, 3.8) is 0 Å². The van der Waals surface area contributed by atoms with Gasteiger partial charge in [0.25, 0.3) is 0 Å². The summed E-state index contributed by atoms with van der Waals surface area (Å²) >= 11 is 0. The van der Waals surface area contributed by atoms with E-state index in [0.29, 0.717) is 5.92 Å². The zero-order chi connectivity index (χ0) is 12.2. The van der Waals surface area contributed by atoms with Crippen molar-refractivity contribution in [2.24, 2.45) is 5.92 Å². The van der Waals surface area contributed by atoms with Crippen molar-refractivity contribution >= 4 is 0 Å². The molecular formula is C15H21NO2. The molecule has 0 bridgehead atoms. The first kappa shape index (κ1) is 12.0. The average Bonchev–Trinajstić information content (AvgIpc) is 2.61. The lowest BCUT2D eigenvalue weighted by Crippen LogP contribution is -2.39. The second kappa shape index (κ2) is 5.72. The van der Waals surface area contributed by atoms with Crippen molar-refractivity contribution in [1.29, 1.82) is 0 Å². The Kier molecular flexibility index (Phi) is 3.81. The molecule has 0 unspecified atom stereocenters. The summed E-state index contributed by atoms with van der Waals surface area (Å²) in [6, 6.07) is 8.46. The highest BCUT2D eigenvalue weighted by atomic mass is 16.5. The van der Waals surface area contributed by atoms with Crippen LogP contribution in [0.4, 0.5) is 0 Å². The highest BCUT2D eigenvalue weighted by Crippen LogP contribution is 2.27. The maximum Gasteiger partial charge on any atom is 0.122 e. The van der Waals surface area contributed by atoms with Gasteiger partial charge in [-0.3, -0.25) is 4.90 Å². The van der Waals surface area contributed by atoms with Crippen LogP contribution in [0, 0.1) is 5.92 Å². The van der Waals surface area contributed by atoms with Gasteiger partial charge in [0.1, 0.15) is 5.75 Å². The maximum absolute atomic E-state index is 5.82. The molecule has 1 saturated heterocycles. The number of para-hydroxylation sites is 1. The summed E-state index contributed by atoms with van der Waals surface area (Å²) in [6.07, 6.45) is 2.31.